The Morgan fingerprint density at radius 1 is 1.09 bits per heavy atom. The predicted octanol–water partition coefficient (Wildman–Crippen LogP) is 3.94. The number of amidine groups is 1. The third kappa shape index (κ3) is 3.50. The lowest BCUT2D eigenvalue weighted by Crippen LogP contribution is -2.19. The van der Waals surface area contributed by atoms with Gasteiger partial charge in [0.2, 0.25) is 0 Å². The van der Waals surface area contributed by atoms with Crippen molar-refractivity contribution in [2.45, 2.75) is 0 Å². The fraction of sp³-hybridized carbons (Fsp3) is 0. The molecule has 1 fully saturated rings. The van der Waals surface area contributed by atoms with E-state index in [1.165, 1.54) is 11.8 Å². The lowest BCUT2D eigenvalue weighted by molar-refractivity contribution is -0.115. The summed E-state index contributed by atoms with van der Waals surface area (Å²) in [6.07, 6.45) is 1.79. The summed E-state index contributed by atoms with van der Waals surface area (Å²) in [5, 5.41) is 13.1. The Kier molecular flexibility index (Phi) is 4.18. The van der Waals surface area contributed by atoms with E-state index < -0.39 is 0 Å². The number of hydrogen-bond acceptors (Lipinski definition) is 4. The average molecular weight is 331 g/mol. The zero-order valence-corrected chi connectivity index (χ0v) is 12.9. The zero-order valence-electron chi connectivity index (χ0n) is 11.3. The Balaban J connectivity index is 1.80. The average Bonchev–Trinajstić information content (AvgIpc) is 2.84. The van der Waals surface area contributed by atoms with Gasteiger partial charge in [-0.25, -0.2) is 4.99 Å². The smallest absolute Gasteiger partial charge is 0.264 e. The molecular weight excluding hydrogens is 320 g/mol. The van der Waals surface area contributed by atoms with Crippen LogP contribution in [0.1, 0.15) is 5.56 Å². The highest BCUT2D eigenvalue weighted by atomic mass is 35.5. The second-order valence-electron chi connectivity index (χ2n) is 4.55. The number of halogens is 1. The molecule has 0 spiro atoms. The monoisotopic (exact) mass is 330 g/mol. The molecule has 1 saturated heterocycles. The van der Waals surface area contributed by atoms with Crippen LogP contribution in [0.25, 0.3) is 6.08 Å². The fourth-order valence-electron chi connectivity index (χ4n) is 1.84. The van der Waals surface area contributed by atoms with Gasteiger partial charge in [-0.15, -0.1) is 0 Å². The fourth-order valence-corrected chi connectivity index (χ4v) is 2.80. The van der Waals surface area contributed by atoms with Crippen LogP contribution in [-0.2, 0) is 4.79 Å². The molecule has 22 heavy (non-hydrogen) atoms. The Hall–Kier alpha value is -2.24. The number of nitrogens with zero attached hydrogens (tertiary/aromatic N) is 1. The number of phenolic OH excluding ortho intramolecular Hbond substituents is 1. The number of phenols is 1. The maximum Gasteiger partial charge on any atom is 0.264 e. The van der Waals surface area contributed by atoms with Crippen LogP contribution in [0.4, 0.5) is 5.69 Å². The number of benzene rings is 2. The summed E-state index contributed by atoms with van der Waals surface area (Å²) >= 11 is 7.11. The van der Waals surface area contributed by atoms with Crippen molar-refractivity contribution in [3.05, 3.63) is 64.0 Å². The molecule has 6 heteroatoms. The SMILES string of the molecule is O=C1NC(=Nc2ccc(O)cc2)S/C1=C/c1ccc(Cl)cc1. The highest BCUT2D eigenvalue weighted by Crippen LogP contribution is 2.28. The Morgan fingerprint density at radius 3 is 2.45 bits per heavy atom. The minimum absolute atomic E-state index is 0.176. The first kappa shape index (κ1) is 14.7. The van der Waals surface area contributed by atoms with Gasteiger partial charge in [-0.3, -0.25) is 4.79 Å². The van der Waals surface area contributed by atoms with Gasteiger partial charge >= 0.3 is 0 Å². The number of carbonyl (C=O) groups excluding carboxylic acids is 1. The Bertz CT molecular complexity index is 768. The van der Waals surface area contributed by atoms with Gasteiger partial charge in [-0.2, -0.15) is 0 Å². The van der Waals surface area contributed by atoms with E-state index in [1.807, 2.05) is 12.1 Å². The van der Waals surface area contributed by atoms with E-state index in [-0.39, 0.29) is 11.7 Å². The quantitative estimate of drug-likeness (QED) is 0.820. The standard InChI is InChI=1S/C16H11ClN2O2S/c17-11-3-1-10(2-4-11)9-14-15(21)19-16(22-14)18-12-5-7-13(20)8-6-12/h1-9,20H,(H,18,19,21)/b14-9+. The molecule has 0 bridgehead atoms. The molecule has 0 aliphatic carbocycles. The minimum atomic E-state index is -0.183. The van der Waals surface area contributed by atoms with Crippen molar-refractivity contribution in [1.82, 2.24) is 5.32 Å². The Morgan fingerprint density at radius 2 is 1.77 bits per heavy atom. The van der Waals surface area contributed by atoms with E-state index >= 15 is 0 Å². The van der Waals surface area contributed by atoms with Gasteiger partial charge in [0.05, 0.1) is 10.6 Å². The van der Waals surface area contributed by atoms with Gasteiger partial charge in [0.1, 0.15) is 5.75 Å². The molecule has 1 amide bonds. The summed E-state index contributed by atoms with van der Waals surface area (Å²) < 4.78 is 0. The third-order valence-electron chi connectivity index (χ3n) is 2.90. The highest BCUT2D eigenvalue weighted by Gasteiger charge is 2.23. The largest absolute Gasteiger partial charge is 0.508 e. The molecule has 0 atom stereocenters. The number of hydrogen-bond donors (Lipinski definition) is 2. The molecule has 1 aliphatic heterocycles. The van der Waals surface area contributed by atoms with Gasteiger partial charge in [-0.1, -0.05) is 23.7 Å². The molecule has 2 aromatic carbocycles. The van der Waals surface area contributed by atoms with Crippen LogP contribution in [0.15, 0.2) is 58.4 Å². The topological polar surface area (TPSA) is 61.7 Å². The second-order valence-corrected chi connectivity index (χ2v) is 6.02. The first-order valence-corrected chi connectivity index (χ1v) is 7.64. The number of nitrogens with one attached hydrogen (secondary N) is 1. The van der Waals surface area contributed by atoms with Crippen LogP contribution in [0.2, 0.25) is 5.02 Å². The molecule has 110 valence electrons. The van der Waals surface area contributed by atoms with Gasteiger partial charge in [0, 0.05) is 5.02 Å². The molecule has 2 aromatic rings. The molecule has 1 aliphatic rings. The molecule has 3 rings (SSSR count). The van der Waals surface area contributed by atoms with Crippen molar-refractivity contribution in [2.24, 2.45) is 4.99 Å². The van der Waals surface area contributed by atoms with E-state index in [9.17, 15) is 9.90 Å². The molecule has 1 heterocycles. The highest BCUT2D eigenvalue weighted by molar-refractivity contribution is 8.18. The van der Waals surface area contributed by atoms with Gasteiger partial charge < -0.3 is 10.4 Å². The molecule has 0 saturated carbocycles. The predicted molar refractivity (Wildman–Crippen MR) is 90.4 cm³/mol. The Labute approximate surface area is 136 Å². The zero-order chi connectivity index (χ0) is 15.5. The number of amides is 1. The summed E-state index contributed by atoms with van der Waals surface area (Å²) in [5.41, 5.74) is 1.56. The van der Waals surface area contributed by atoms with Gasteiger partial charge in [0.25, 0.3) is 5.91 Å². The summed E-state index contributed by atoms with van der Waals surface area (Å²) in [6, 6.07) is 13.7. The van der Waals surface area contributed by atoms with Crippen LogP contribution in [-0.4, -0.2) is 16.2 Å². The summed E-state index contributed by atoms with van der Waals surface area (Å²) in [5.74, 6) is -0.00661. The van der Waals surface area contributed by atoms with Gasteiger partial charge in [0.15, 0.2) is 5.17 Å². The summed E-state index contributed by atoms with van der Waals surface area (Å²) in [7, 11) is 0. The van der Waals surface area contributed by atoms with E-state index in [0.717, 1.165) is 5.56 Å². The number of carbonyl (C=O) groups is 1. The van der Waals surface area contributed by atoms with Crippen LogP contribution in [0.5, 0.6) is 5.75 Å². The number of aliphatic imine (C=N–C) groups is 1. The van der Waals surface area contributed by atoms with Crippen LogP contribution in [0.3, 0.4) is 0 Å². The lowest BCUT2D eigenvalue weighted by atomic mass is 10.2. The van der Waals surface area contributed by atoms with E-state index in [2.05, 4.69) is 10.3 Å². The van der Waals surface area contributed by atoms with Crippen molar-refractivity contribution >= 4 is 46.2 Å². The molecule has 0 aromatic heterocycles. The maximum absolute atomic E-state index is 12.0. The first-order chi connectivity index (χ1) is 10.6. The molecule has 0 radical (unpaired) electrons. The molecule has 4 nitrogen and oxygen atoms in total. The lowest BCUT2D eigenvalue weighted by Gasteiger charge is -1.96. The number of thioether (sulfide) groups is 1. The number of aromatic hydroxyl groups is 1. The van der Waals surface area contributed by atoms with Crippen LogP contribution >= 0.6 is 23.4 Å². The normalized spacial score (nSPS) is 18.0. The summed E-state index contributed by atoms with van der Waals surface area (Å²) in [4.78, 5) is 16.9. The van der Waals surface area contributed by atoms with Crippen molar-refractivity contribution in [1.29, 1.82) is 0 Å². The van der Waals surface area contributed by atoms with Crippen molar-refractivity contribution in [3.63, 3.8) is 0 Å². The van der Waals surface area contributed by atoms with E-state index in [1.54, 1.807) is 42.5 Å². The molecule has 0 unspecified atom stereocenters. The van der Waals surface area contributed by atoms with Crippen molar-refractivity contribution in [2.75, 3.05) is 0 Å². The molecular formula is C16H11ClN2O2S. The summed E-state index contributed by atoms with van der Waals surface area (Å²) in [6.45, 7) is 0. The minimum Gasteiger partial charge on any atom is -0.508 e. The first-order valence-electron chi connectivity index (χ1n) is 6.44. The number of rotatable bonds is 2. The van der Waals surface area contributed by atoms with Gasteiger partial charge in [-0.05, 0) is 59.8 Å². The van der Waals surface area contributed by atoms with Crippen molar-refractivity contribution < 1.29 is 9.90 Å². The molecule has 2 N–H and O–H groups in total. The maximum atomic E-state index is 12.0. The van der Waals surface area contributed by atoms with E-state index in [0.29, 0.717) is 20.8 Å². The van der Waals surface area contributed by atoms with Crippen LogP contribution < -0.4 is 5.32 Å². The van der Waals surface area contributed by atoms with Crippen molar-refractivity contribution in [3.8, 4) is 5.75 Å². The van der Waals surface area contributed by atoms with E-state index in [4.69, 9.17) is 11.6 Å². The third-order valence-corrected chi connectivity index (χ3v) is 4.06. The van der Waals surface area contributed by atoms with Crippen LogP contribution in [0, 0.1) is 0 Å². The second kappa shape index (κ2) is 6.25.